The molecule has 108 valence electrons. The lowest BCUT2D eigenvalue weighted by Crippen LogP contribution is -2.49. The Bertz CT molecular complexity index is 290. The molecule has 0 spiro atoms. The van der Waals surface area contributed by atoms with Crippen LogP contribution in [0.5, 0.6) is 0 Å². The van der Waals surface area contributed by atoms with Crippen LogP contribution in [0.15, 0.2) is 0 Å². The van der Waals surface area contributed by atoms with Crippen molar-refractivity contribution in [3.8, 4) is 0 Å². The van der Waals surface area contributed by atoms with Crippen LogP contribution in [0.3, 0.4) is 0 Å². The molecule has 0 radical (unpaired) electrons. The topological polar surface area (TPSA) is 41.9 Å². The average Bonchev–Trinajstić information content (AvgIpc) is 2.53. The number of hydrogen-bond donors (Lipinski definition) is 1. The maximum Gasteiger partial charge on any atom is 0.396 e. The summed E-state index contributed by atoms with van der Waals surface area (Å²) in [5.74, 6) is -1.79. The van der Waals surface area contributed by atoms with Crippen molar-refractivity contribution in [1.82, 2.24) is 5.06 Å². The molecule has 1 saturated heterocycles. The van der Waals surface area contributed by atoms with Gasteiger partial charge < -0.3 is 9.84 Å². The molecule has 0 aliphatic carbocycles. The monoisotopic (exact) mass is 271 g/mol. The normalized spacial score (nSPS) is 32.8. The van der Waals surface area contributed by atoms with Crippen LogP contribution < -0.4 is 0 Å². The van der Waals surface area contributed by atoms with Crippen LogP contribution in [0.1, 0.15) is 20.8 Å². The van der Waals surface area contributed by atoms with Gasteiger partial charge in [-0.25, -0.2) is 0 Å². The standard InChI is InChI=1S/C11H20F3NO3/c1-10(2,3)8-6(11(12,13)14)7(9(16)17-5)15(4)18-8/h6-9,16H,1-5H3. The van der Waals surface area contributed by atoms with Crippen molar-refractivity contribution in [2.75, 3.05) is 14.2 Å². The summed E-state index contributed by atoms with van der Waals surface area (Å²) in [7, 11) is 2.54. The number of alkyl halides is 3. The Morgan fingerprint density at radius 2 is 1.78 bits per heavy atom. The van der Waals surface area contributed by atoms with Crippen LogP contribution >= 0.6 is 0 Å². The molecular formula is C11H20F3NO3. The van der Waals surface area contributed by atoms with E-state index in [-0.39, 0.29) is 0 Å². The Kier molecular flexibility index (Phi) is 4.32. The molecule has 0 amide bonds. The molecule has 4 nitrogen and oxygen atoms in total. The smallest absolute Gasteiger partial charge is 0.367 e. The molecule has 18 heavy (non-hydrogen) atoms. The number of halogens is 3. The minimum Gasteiger partial charge on any atom is -0.367 e. The molecule has 0 aromatic rings. The van der Waals surface area contributed by atoms with Crippen LogP contribution in [0.25, 0.3) is 0 Å². The molecule has 1 N–H and O–H groups in total. The van der Waals surface area contributed by atoms with Crippen LogP contribution in [0.4, 0.5) is 13.2 Å². The van der Waals surface area contributed by atoms with Gasteiger partial charge in [0.15, 0.2) is 6.29 Å². The number of hydrogen-bond acceptors (Lipinski definition) is 4. The Balaban J connectivity index is 3.12. The first-order chi connectivity index (χ1) is 8.00. The highest BCUT2D eigenvalue weighted by molar-refractivity contribution is 4.97. The van der Waals surface area contributed by atoms with Gasteiger partial charge in [0, 0.05) is 14.2 Å². The highest BCUT2D eigenvalue weighted by Gasteiger charge is 2.61. The molecule has 4 unspecified atom stereocenters. The predicted molar refractivity (Wildman–Crippen MR) is 58.4 cm³/mol. The first kappa shape index (κ1) is 15.7. The van der Waals surface area contributed by atoms with E-state index in [2.05, 4.69) is 4.74 Å². The van der Waals surface area contributed by atoms with Gasteiger partial charge >= 0.3 is 6.18 Å². The first-order valence-corrected chi connectivity index (χ1v) is 5.67. The predicted octanol–water partition coefficient (Wildman–Crippen LogP) is 1.79. The lowest BCUT2D eigenvalue weighted by Gasteiger charge is -2.33. The van der Waals surface area contributed by atoms with E-state index in [1.807, 2.05) is 0 Å². The summed E-state index contributed by atoms with van der Waals surface area (Å²) in [6.45, 7) is 5.02. The van der Waals surface area contributed by atoms with Gasteiger partial charge in [-0.2, -0.15) is 18.2 Å². The molecule has 0 aromatic heterocycles. The van der Waals surface area contributed by atoms with E-state index in [9.17, 15) is 18.3 Å². The molecule has 7 heteroatoms. The molecule has 1 rings (SSSR count). The molecule has 1 aliphatic rings. The maximum absolute atomic E-state index is 13.2. The van der Waals surface area contributed by atoms with Crippen LogP contribution in [-0.2, 0) is 9.57 Å². The number of aliphatic hydroxyl groups is 1. The van der Waals surface area contributed by atoms with Crippen molar-refractivity contribution in [2.24, 2.45) is 11.3 Å². The third kappa shape index (κ3) is 2.96. The lowest BCUT2D eigenvalue weighted by atomic mass is 9.78. The Labute approximate surface area is 105 Å². The number of likely N-dealkylation sites (N-methyl/N-ethyl adjacent to an activating group) is 1. The van der Waals surface area contributed by atoms with Gasteiger partial charge in [0.25, 0.3) is 0 Å². The fourth-order valence-electron chi connectivity index (χ4n) is 2.28. The van der Waals surface area contributed by atoms with Crippen molar-refractivity contribution in [1.29, 1.82) is 0 Å². The van der Waals surface area contributed by atoms with Gasteiger partial charge in [-0.15, -0.1) is 0 Å². The number of aliphatic hydroxyl groups excluding tert-OH is 1. The molecule has 1 aliphatic heterocycles. The van der Waals surface area contributed by atoms with E-state index in [0.29, 0.717) is 0 Å². The molecule has 4 atom stereocenters. The molecule has 0 bridgehead atoms. The fourth-order valence-corrected chi connectivity index (χ4v) is 2.28. The summed E-state index contributed by atoms with van der Waals surface area (Å²) in [6, 6.07) is -1.26. The number of rotatable bonds is 2. The molecule has 0 saturated carbocycles. The summed E-state index contributed by atoms with van der Waals surface area (Å²) >= 11 is 0. The fraction of sp³-hybridized carbons (Fsp3) is 1.00. The van der Waals surface area contributed by atoms with Gasteiger partial charge in [0.2, 0.25) is 0 Å². The minimum absolute atomic E-state index is 0.698. The maximum atomic E-state index is 13.2. The molecule has 1 heterocycles. The lowest BCUT2D eigenvalue weighted by molar-refractivity contribution is -0.217. The van der Waals surface area contributed by atoms with Crippen LogP contribution in [0, 0.1) is 11.3 Å². The second-order valence-electron chi connectivity index (χ2n) is 5.62. The average molecular weight is 271 g/mol. The summed E-state index contributed by atoms with van der Waals surface area (Å²) < 4.78 is 44.2. The Morgan fingerprint density at radius 3 is 2.11 bits per heavy atom. The first-order valence-electron chi connectivity index (χ1n) is 5.67. The SMILES string of the molecule is COC(O)C1C(C(F)(F)F)C(C(C)(C)C)ON1C. The van der Waals surface area contributed by atoms with E-state index >= 15 is 0 Å². The number of ether oxygens (including phenoxy) is 1. The third-order valence-corrected chi connectivity index (χ3v) is 3.16. The zero-order chi connectivity index (χ0) is 14.3. The van der Waals surface area contributed by atoms with E-state index < -0.39 is 35.9 Å². The van der Waals surface area contributed by atoms with E-state index in [1.165, 1.54) is 7.05 Å². The summed E-state index contributed by atoms with van der Waals surface area (Å²) in [5.41, 5.74) is -0.698. The largest absolute Gasteiger partial charge is 0.396 e. The minimum atomic E-state index is -4.47. The van der Waals surface area contributed by atoms with Crippen molar-refractivity contribution in [2.45, 2.75) is 45.4 Å². The highest BCUT2D eigenvalue weighted by atomic mass is 19.4. The van der Waals surface area contributed by atoms with E-state index in [4.69, 9.17) is 4.84 Å². The number of methoxy groups -OCH3 is 1. The molecular weight excluding hydrogens is 251 g/mol. The van der Waals surface area contributed by atoms with Crippen molar-refractivity contribution in [3.05, 3.63) is 0 Å². The zero-order valence-corrected chi connectivity index (χ0v) is 11.2. The van der Waals surface area contributed by atoms with Crippen molar-refractivity contribution >= 4 is 0 Å². The number of hydroxylamine groups is 2. The van der Waals surface area contributed by atoms with Crippen molar-refractivity contribution in [3.63, 3.8) is 0 Å². The van der Waals surface area contributed by atoms with Gasteiger partial charge in [0.05, 0.1) is 12.1 Å². The number of nitrogens with zero attached hydrogens (tertiary/aromatic N) is 1. The summed E-state index contributed by atoms with van der Waals surface area (Å²) in [4.78, 5) is 5.27. The third-order valence-electron chi connectivity index (χ3n) is 3.16. The Hall–Kier alpha value is -0.370. The summed E-state index contributed by atoms with van der Waals surface area (Å²) in [5, 5.41) is 10.6. The molecule has 0 aromatic carbocycles. The van der Waals surface area contributed by atoms with Gasteiger partial charge in [-0.3, -0.25) is 4.84 Å². The van der Waals surface area contributed by atoms with Gasteiger partial charge in [-0.05, 0) is 5.41 Å². The van der Waals surface area contributed by atoms with E-state index in [0.717, 1.165) is 12.2 Å². The molecule has 1 fully saturated rings. The van der Waals surface area contributed by atoms with Gasteiger partial charge in [0.1, 0.15) is 5.92 Å². The van der Waals surface area contributed by atoms with Gasteiger partial charge in [-0.1, -0.05) is 20.8 Å². The summed E-state index contributed by atoms with van der Waals surface area (Å²) in [6.07, 6.45) is -7.07. The van der Waals surface area contributed by atoms with Crippen LogP contribution in [0.2, 0.25) is 0 Å². The van der Waals surface area contributed by atoms with E-state index in [1.54, 1.807) is 20.8 Å². The zero-order valence-electron chi connectivity index (χ0n) is 11.2. The second kappa shape index (κ2) is 4.96. The van der Waals surface area contributed by atoms with Crippen LogP contribution in [-0.4, -0.2) is 48.9 Å². The second-order valence-corrected chi connectivity index (χ2v) is 5.62. The van der Waals surface area contributed by atoms with Crippen molar-refractivity contribution < 1.29 is 27.9 Å². The Morgan fingerprint density at radius 1 is 1.28 bits per heavy atom. The quantitative estimate of drug-likeness (QED) is 0.778. The highest BCUT2D eigenvalue weighted by Crippen LogP contribution is 2.46.